The number of hydrogen-bond acceptors (Lipinski definition) is 3. The topological polar surface area (TPSA) is 32.7 Å². The molecule has 0 amide bonds. The number of rotatable bonds is 7. The van der Waals surface area contributed by atoms with Crippen molar-refractivity contribution in [3.8, 4) is 5.75 Å². The Bertz CT molecular complexity index is 643. The number of likely N-dealkylation sites (tertiary alicyclic amines) is 1. The molecule has 0 spiro atoms. The van der Waals surface area contributed by atoms with Crippen molar-refractivity contribution in [1.82, 2.24) is 4.90 Å². The van der Waals surface area contributed by atoms with Crippen molar-refractivity contribution in [2.24, 2.45) is 5.92 Å². The normalized spacial score (nSPS) is 21.2. The molecule has 25 heavy (non-hydrogen) atoms. The summed E-state index contributed by atoms with van der Waals surface area (Å²) < 4.78 is 5.74. The minimum absolute atomic E-state index is 0.216. The number of benzene rings is 2. The van der Waals surface area contributed by atoms with Gasteiger partial charge in [0.1, 0.15) is 5.75 Å². The van der Waals surface area contributed by atoms with Gasteiger partial charge >= 0.3 is 0 Å². The van der Waals surface area contributed by atoms with Gasteiger partial charge in [0.15, 0.2) is 0 Å². The highest BCUT2D eigenvalue weighted by Crippen LogP contribution is 2.24. The molecule has 1 heterocycles. The molecular weight excluding hydrogens is 310 g/mol. The molecule has 0 saturated carbocycles. The van der Waals surface area contributed by atoms with E-state index in [-0.39, 0.29) is 12.0 Å². The van der Waals surface area contributed by atoms with Crippen LogP contribution in [0.4, 0.5) is 0 Å². The molecule has 3 heteroatoms. The molecule has 0 aliphatic carbocycles. The van der Waals surface area contributed by atoms with Gasteiger partial charge in [-0.1, -0.05) is 49.4 Å². The molecule has 1 aliphatic rings. The van der Waals surface area contributed by atoms with Gasteiger partial charge in [0.25, 0.3) is 0 Å². The van der Waals surface area contributed by atoms with Crippen molar-refractivity contribution >= 4 is 0 Å². The Labute approximate surface area is 151 Å². The van der Waals surface area contributed by atoms with Crippen molar-refractivity contribution in [1.29, 1.82) is 0 Å². The standard InChI is InChI=1S/C22H29NO2/c1-2-13-25-21-10-6-9-19(15-21)14-20-17-23(12-11-22(20)24)16-18-7-4-3-5-8-18/h3-10,15,20,22,24H,2,11-14,16-17H2,1H3. The Balaban J connectivity index is 1.60. The molecule has 1 fully saturated rings. The lowest BCUT2D eigenvalue weighted by Crippen LogP contribution is -2.43. The fourth-order valence-corrected chi connectivity index (χ4v) is 3.57. The van der Waals surface area contributed by atoms with Crippen LogP contribution in [0.2, 0.25) is 0 Å². The van der Waals surface area contributed by atoms with Crippen molar-refractivity contribution in [2.45, 2.75) is 38.8 Å². The summed E-state index contributed by atoms with van der Waals surface area (Å²) in [5.74, 6) is 1.21. The van der Waals surface area contributed by atoms with Crippen LogP contribution in [0.3, 0.4) is 0 Å². The summed E-state index contributed by atoms with van der Waals surface area (Å²) in [7, 11) is 0. The minimum Gasteiger partial charge on any atom is -0.494 e. The molecule has 3 rings (SSSR count). The van der Waals surface area contributed by atoms with Gasteiger partial charge in [0.05, 0.1) is 12.7 Å². The van der Waals surface area contributed by atoms with Crippen LogP contribution in [-0.4, -0.2) is 35.8 Å². The zero-order valence-electron chi connectivity index (χ0n) is 15.1. The molecule has 2 aromatic carbocycles. The molecule has 2 unspecified atom stereocenters. The second kappa shape index (κ2) is 9.02. The van der Waals surface area contributed by atoms with E-state index >= 15 is 0 Å². The van der Waals surface area contributed by atoms with Gasteiger partial charge in [0.2, 0.25) is 0 Å². The van der Waals surface area contributed by atoms with Crippen molar-refractivity contribution in [2.75, 3.05) is 19.7 Å². The van der Waals surface area contributed by atoms with Crippen molar-refractivity contribution in [3.05, 3.63) is 65.7 Å². The Hall–Kier alpha value is -1.84. The molecule has 2 aromatic rings. The summed E-state index contributed by atoms with van der Waals surface area (Å²) >= 11 is 0. The summed E-state index contributed by atoms with van der Waals surface area (Å²) in [5, 5.41) is 10.5. The smallest absolute Gasteiger partial charge is 0.119 e. The third-order valence-corrected chi connectivity index (χ3v) is 4.90. The Morgan fingerprint density at radius 3 is 2.68 bits per heavy atom. The van der Waals surface area contributed by atoms with E-state index in [4.69, 9.17) is 4.74 Å². The fourth-order valence-electron chi connectivity index (χ4n) is 3.57. The zero-order valence-corrected chi connectivity index (χ0v) is 15.1. The molecule has 2 atom stereocenters. The Kier molecular flexibility index (Phi) is 6.48. The highest BCUT2D eigenvalue weighted by atomic mass is 16.5. The second-order valence-corrected chi connectivity index (χ2v) is 7.04. The number of aliphatic hydroxyl groups is 1. The second-order valence-electron chi connectivity index (χ2n) is 7.04. The van der Waals surface area contributed by atoms with Gasteiger partial charge < -0.3 is 9.84 Å². The average Bonchev–Trinajstić information content (AvgIpc) is 2.64. The molecule has 0 aromatic heterocycles. The lowest BCUT2D eigenvalue weighted by Gasteiger charge is -2.36. The Morgan fingerprint density at radius 2 is 1.88 bits per heavy atom. The molecule has 1 saturated heterocycles. The van der Waals surface area contributed by atoms with Crippen molar-refractivity contribution < 1.29 is 9.84 Å². The van der Waals surface area contributed by atoms with E-state index in [9.17, 15) is 5.11 Å². The van der Waals surface area contributed by atoms with E-state index in [1.54, 1.807) is 0 Å². The van der Waals surface area contributed by atoms with Crippen LogP contribution < -0.4 is 4.74 Å². The quantitative estimate of drug-likeness (QED) is 0.830. The van der Waals surface area contributed by atoms with E-state index in [0.29, 0.717) is 0 Å². The van der Waals surface area contributed by atoms with Crippen LogP contribution in [0, 0.1) is 5.92 Å². The van der Waals surface area contributed by atoms with Gasteiger partial charge in [0, 0.05) is 25.6 Å². The summed E-state index contributed by atoms with van der Waals surface area (Å²) in [5.41, 5.74) is 2.59. The number of piperidine rings is 1. The molecule has 3 nitrogen and oxygen atoms in total. The summed E-state index contributed by atoms with van der Waals surface area (Å²) in [6.07, 6.45) is 2.55. The highest BCUT2D eigenvalue weighted by Gasteiger charge is 2.27. The monoisotopic (exact) mass is 339 g/mol. The van der Waals surface area contributed by atoms with Crippen molar-refractivity contribution in [3.63, 3.8) is 0 Å². The lowest BCUT2D eigenvalue weighted by atomic mass is 9.88. The van der Waals surface area contributed by atoms with Crippen LogP contribution in [0.1, 0.15) is 30.9 Å². The van der Waals surface area contributed by atoms with Crippen LogP contribution >= 0.6 is 0 Å². The van der Waals surface area contributed by atoms with Gasteiger partial charge in [-0.3, -0.25) is 4.90 Å². The van der Waals surface area contributed by atoms with Crippen LogP contribution in [-0.2, 0) is 13.0 Å². The van der Waals surface area contributed by atoms with Gasteiger partial charge in [-0.2, -0.15) is 0 Å². The van der Waals surface area contributed by atoms with E-state index in [2.05, 4.69) is 60.4 Å². The summed E-state index contributed by atoms with van der Waals surface area (Å²) in [6, 6.07) is 18.9. The highest BCUT2D eigenvalue weighted by molar-refractivity contribution is 5.29. The fraction of sp³-hybridized carbons (Fsp3) is 0.455. The largest absolute Gasteiger partial charge is 0.494 e. The first-order chi connectivity index (χ1) is 12.2. The number of ether oxygens (including phenoxy) is 1. The SMILES string of the molecule is CCCOc1cccc(CC2CN(Cc3ccccc3)CCC2O)c1. The number of aliphatic hydroxyl groups excluding tert-OH is 1. The zero-order chi connectivity index (χ0) is 17.5. The Morgan fingerprint density at radius 1 is 1.08 bits per heavy atom. The van der Waals surface area contributed by atoms with Crippen LogP contribution in [0.5, 0.6) is 5.75 Å². The first kappa shape index (κ1) is 18.0. The summed E-state index contributed by atoms with van der Waals surface area (Å²) in [6.45, 7) is 5.73. The molecule has 0 bridgehead atoms. The van der Waals surface area contributed by atoms with Gasteiger partial charge in [-0.05, 0) is 42.5 Å². The average molecular weight is 339 g/mol. The van der Waals surface area contributed by atoms with E-state index in [1.807, 2.05) is 6.07 Å². The predicted octanol–water partition coefficient (Wildman–Crippen LogP) is 3.90. The maximum absolute atomic E-state index is 10.5. The maximum atomic E-state index is 10.5. The third-order valence-electron chi connectivity index (χ3n) is 4.90. The summed E-state index contributed by atoms with van der Waals surface area (Å²) in [4.78, 5) is 2.46. The number of nitrogens with zero attached hydrogens (tertiary/aromatic N) is 1. The van der Waals surface area contributed by atoms with Crippen LogP contribution in [0.15, 0.2) is 54.6 Å². The van der Waals surface area contributed by atoms with Gasteiger partial charge in [-0.15, -0.1) is 0 Å². The van der Waals surface area contributed by atoms with E-state index in [1.165, 1.54) is 11.1 Å². The molecule has 134 valence electrons. The molecule has 1 N–H and O–H groups in total. The molecule has 1 aliphatic heterocycles. The van der Waals surface area contributed by atoms with E-state index < -0.39 is 0 Å². The predicted molar refractivity (Wildman–Crippen MR) is 102 cm³/mol. The molecular formula is C22H29NO2. The van der Waals surface area contributed by atoms with Gasteiger partial charge in [-0.25, -0.2) is 0 Å². The first-order valence-corrected chi connectivity index (χ1v) is 9.40. The molecule has 0 radical (unpaired) electrons. The van der Waals surface area contributed by atoms with E-state index in [0.717, 1.165) is 51.3 Å². The third kappa shape index (κ3) is 5.32. The number of hydrogen-bond donors (Lipinski definition) is 1. The first-order valence-electron chi connectivity index (χ1n) is 9.40. The van der Waals surface area contributed by atoms with Crippen LogP contribution in [0.25, 0.3) is 0 Å². The lowest BCUT2D eigenvalue weighted by molar-refractivity contribution is 0.0239. The minimum atomic E-state index is -0.216. The maximum Gasteiger partial charge on any atom is 0.119 e.